The van der Waals surface area contributed by atoms with E-state index in [1.165, 1.54) is 11.3 Å². The number of hydrogen-bond acceptors (Lipinski definition) is 7. The normalized spacial score (nSPS) is 18.4. The zero-order valence-electron chi connectivity index (χ0n) is 14.1. The maximum atomic E-state index is 12.4. The van der Waals surface area contributed by atoms with Crippen LogP contribution in [0.1, 0.15) is 53.1 Å². The van der Waals surface area contributed by atoms with Crippen LogP contribution in [0.3, 0.4) is 0 Å². The number of likely N-dealkylation sites (tertiary alicyclic amines) is 1. The molecular weight excluding hydrogens is 352 g/mol. The highest BCUT2D eigenvalue weighted by Gasteiger charge is 2.30. The maximum absolute atomic E-state index is 12.4. The summed E-state index contributed by atoms with van der Waals surface area (Å²) >= 11 is 1.49. The van der Waals surface area contributed by atoms with E-state index >= 15 is 0 Å². The number of thiophene rings is 1. The quantitative estimate of drug-likeness (QED) is 0.701. The van der Waals surface area contributed by atoms with Gasteiger partial charge in [-0.3, -0.25) is 4.79 Å². The summed E-state index contributed by atoms with van der Waals surface area (Å²) in [6, 6.07) is 4.02. The summed E-state index contributed by atoms with van der Waals surface area (Å²) in [5, 5.41) is 14.4. The van der Waals surface area contributed by atoms with E-state index in [1.807, 2.05) is 33.3 Å². The minimum absolute atomic E-state index is 0.121. The van der Waals surface area contributed by atoms with Gasteiger partial charge in [-0.2, -0.15) is 4.98 Å². The summed E-state index contributed by atoms with van der Waals surface area (Å²) in [5.41, 5.74) is 0.612. The van der Waals surface area contributed by atoms with Crippen LogP contribution in [-0.2, 0) is 0 Å². The molecule has 1 aliphatic heterocycles. The maximum Gasteiger partial charge on any atom is 0.280 e. The van der Waals surface area contributed by atoms with Crippen molar-refractivity contribution in [2.24, 2.45) is 0 Å². The monoisotopic (exact) mass is 370 g/mol. The Bertz CT molecular complexity index is 905. The zero-order chi connectivity index (χ0) is 17.5. The van der Waals surface area contributed by atoms with Crippen molar-refractivity contribution in [2.45, 2.75) is 37.6 Å². The average Bonchev–Trinajstić information content (AvgIpc) is 3.14. The molecule has 5 rings (SSSR count). The first-order chi connectivity index (χ1) is 12.8. The third-order valence-corrected chi connectivity index (χ3v) is 5.83. The first-order valence-electron chi connectivity index (χ1n) is 8.86. The van der Waals surface area contributed by atoms with Gasteiger partial charge in [0.1, 0.15) is 0 Å². The van der Waals surface area contributed by atoms with Gasteiger partial charge in [0.15, 0.2) is 11.5 Å². The van der Waals surface area contributed by atoms with Crippen LogP contribution in [-0.4, -0.2) is 49.0 Å². The molecule has 134 valence electrons. The van der Waals surface area contributed by atoms with Gasteiger partial charge in [0.25, 0.3) is 11.8 Å². The van der Waals surface area contributed by atoms with Crippen molar-refractivity contribution < 1.29 is 9.32 Å². The van der Waals surface area contributed by atoms with Crippen molar-refractivity contribution in [3.05, 3.63) is 34.4 Å². The van der Waals surface area contributed by atoms with Crippen LogP contribution in [0, 0.1) is 0 Å². The van der Waals surface area contributed by atoms with Crippen molar-refractivity contribution in [3.8, 4) is 11.6 Å². The molecule has 26 heavy (non-hydrogen) atoms. The largest absolute Gasteiger partial charge is 0.338 e. The fourth-order valence-corrected chi connectivity index (χ4v) is 3.98. The highest BCUT2D eigenvalue weighted by Crippen LogP contribution is 2.38. The van der Waals surface area contributed by atoms with E-state index in [0.717, 1.165) is 49.5 Å². The summed E-state index contributed by atoms with van der Waals surface area (Å²) in [7, 11) is 0. The van der Waals surface area contributed by atoms with E-state index < -0.39 is 0 Å². The zero-order valence-corrected chi connectivity index (χ0v) is 14.9. The van der Waals surface area contributed by atoms with Crippen molar-refractivity contribution >= 4 is 17.2 Å². The second kappa shape index (κ2) is 6.31. The Morgan fingerprint density at radius 3 is 2.81 bits per heavy atom. The minimum atomic E-state index is 0.121. The fourth-order valence-electron chi connectivity index (χ4n) is 3.29. The first kappa shape index (κ1) is 15.7. The molecule has 1 saturated carbocycles. The molecule has 0 atom stereocenters. The lowest BCUT2D eigenvalue weighted by molar-refractivity contribution is 0.0694. The van der Waals surface area contributed by atoms with Crippen LogP contribution in [0.15, 0.2) is 28.2 Å². The Labute approximate surface area is 153 Å². The Morgan fingerprint density at radius 1 is 1.23 bits per heavy atom. The van der Waals surface area contributed by atoms with Crippen LogP contribution in [0.4, 0.5) is 0 Å². The predicted octanol–water partition coefficient (Wildman–Crippen LogP) is 2.74. The molecule has 8 nitrogen and oxygen atoms in total. The molecule has 2 aliphatic rings. The van der Waals surface area contributed by atoms with Crippen molar-refractivity contribution in [2.75, 3.05) is 13.1 Å². The number of rotatable bonds is 4. The second-order valence-corrected chi connectivity index (χ2v) is 7.76. The Hall–Kier alpha value is -2.55. The molecule has 0 unspecified atom stereocenters. The van der Waals surface area contributed by atoms with Gasteiger partial charge in [-0.25, -0.2) is 4.68 Å². The van der Waals surface area contributed by atoms with Gasteiger partial charge >= 0.3 is 0 Å². The van der Waals surface area contributed by atoms with Crippen molar-refractivity contribution in [1.29, 1.82) is 0 Å². The second-order valence-electron chi connectivity index (χ2n) is 6.82. The first-order valence-corrected chi connectivity index (χ1v) is 9.74. The van der Waals surface area contributed by atoms with E-state index in [9.17, 15) is 4.79 Å². The summed E-state index contributed by atoms with van der Waals surface area (Å²) in [5.74, 6) is 1.78. The summed E-state index contributed by atoms with van der Waals surface area (Å²) in [6.45, 7) is 1.45. The van der Waals surface area contributed by atoms with E-state index in [-0.39, 0.29) is 11.9 Å². The highest BCUT2D eigenvalue weighted by atomic mass is 32.1. The SMILES string of the molecule is O=C(c1cccs1)N1CCC(n2cc(-c3nc(C4CC4)no3)nn2)CC1. The van der Waals surface area contributed by atoms with Gasteiger partial charge in [0.05, 0.1) is 17.1 Å². The summed E-state index contributed by atoms with van der Waals surface area (Å²) < 4.78 is 7.18. The number of hydrogen-bond donors (Lipinski definition) is 0. The summed E-state index contributed by atoms with van der Waals surface area (Å²) in [6.07, 6.45) is 5.85. The van der Waals surface area contributed by atoms with E-state index in [0.29, 0.717) is 17.5 Å². The third-order valence-electron chi connectivity index (χ3n) is 4.97. The van der Waals surface area contributed by atoms with Crippen LogP contribution >= 0.6 is 11.3 Å². The number of piperidine rings is 1. The molecule has 0 radical (unpaired) electrons. The predicted molar refractivity (Wildman–Crippen MR) is 93.8 cm³/mol. The lowest BCUT2D eigenvalue weighted by Crippen LogP contribution is -2.38. The molecule has 3 aromatic rings. The van der Waals surface area contributed by atoms with Gasteiger partial charge in [0.2, 0.25) is 0 Å². The standard InChI is InChI=1S/C17H18N6O2S/c24-17(14-2-1-9-26-14)22-7-5-12(6-8-22)23-10-13(19-21-23)16-18-15(20-25-16)11-3-4-11/h1-2,9-12H,3-8H2. The molecule has 0 aromatic carbocycles. The molecule has 4 heterocycles. The number of carbonyl (C=O) groups excluding carboxylic acids is 1. The highest BCUT2D eigenvalue weighted by molar-refractivity contribution is 7.12. The number of carbonyl (C=O) groups is 1. The van der Waals surface area contributed by atoms with Crippen molar-refractivity contribution in [3.63, 3.8) is 0 Å². The molecule has 9 heteroatoms. The molecule has 0 bridgehead atoms. The number of aromatic nitrogens is 5. The van der Waals surface area contributed by atoms with Gasteiger partial charge in [0, 0.05) is 19.0 Å². The Kier molecular flexibility index (Phi) is 3.81. The fraction of sp³-hybridized carbons (Fsp3) is 0.471. The average molecular weight is 370 g/mol. The molecule has 2 fully saturated rings. The Morgan fingerprint density at radius 2 is 2.08 bits per heavy atom. The minimum Gasteiger partial charge on any atom is -0.338 e. The van der Waals surface area contributed by atoms with E-state index in [4.69, 9.17) is 4.52 Å². The van der Waals surface area contributed by atoms with Gasteiger partial charge in [-0.1, -0.05) is 16.4 Å². The van der Waals surface area contributed by atoms with Crippen molar-refractivity contribution in [1.82, 2.24) is 30.0 Å². The third kappa shape index (κ3) is 2.92. The molecule has 0 N–H and O–H groups in total. The van der Waals surface area contributed by atoms with Crippen LogP contribution in [0.5, 0.6) is 0 Å². The van der Waals surface area contributed by atoms with Gasteiger partial charge in [-0.05, 0) is 37.1 Å². The molecule has 3 aromatic heterocycles. The molecule has 1 aliphatic carbocycles. The van der Waals surface area contributed by atoms with Crippen LogP contribution in [0.2, 0.25) is 0 Å². The lowest BCUT2D eigenvalue weighted by Gasteiger charge is -2.31. The van der Waals surface area contributed by atoms with E-state index in [2.05, 4.69) is 20.5 Å². The van der Waals surface area contributed by atoms with Gasteiger partial charge in [-0.15, -0.1) is 16.4 Å². The summed E-state index contributed by atoms with van der Waals surface area (Å²) in [4.78, 5) is 19.6. The molecular formula is C17H18N6O2S. The van der Waals surface area contributed by atoms with E-state index in [1.54, 1.807) is 0 Å². The molecule has 0 spiro atoms. The lowest BCUT2D eigenvalue weighted by atomic mass is 10.1. The smallest absolute Gasteiger partial charge is 0.280 e. The van der Waals surface area contributed by atoms with Crippen LogP contribution < -0.4 is 0 Å². The van der Waals surface area contributed by atoms with Gasteiger partial charge < -0.3 is 9.42 Å². The topological polar surface area (TPSA) is 89.9 Å². The number of amides is 1. The number of nitrogens with zero attached hydrogens (tertiary/aromatic N) is 6. The molecule has 1 amide bonds. The molecule has 1 saturated heterocycles. The Balaban J connectivity index is 1.24. The van der Waals surface area contributed by atoms with Crippen LogP contribution in [0.25, 0.3) is 11.6 Å².